The van der Waals surface area contributed by atoms with Crippen molar-refractivity contribution in [1.29, 1.82) is 0 Å². The summed E-state index contributed by atoms with van der Waals surface area (Å²) < 4.78 is 31.2. The molecule has 0 spiro atoms. The molecule has 0 amide bonds. The Labute approximate surface area is 172 Å². The molecule has 0 unspecified atom stereocenters. The Bertz CT molecular complexity index is 1170. The molecule has 0 fully saturated rings. The number of nitrogens with zero attached hydrogens (tertiary/aromatic N) is 6. The lowest BCUT2D eigenvalue weighted by Crippen LogP contribution is -2.40. The van der Waals surface area contributed by atoms with Gasteiger partial charge in [0.2, 0.25) is 0 Å². The van der Waals surface area contributed by atoms with Crippen molar-refractivity contribution in [1.82, 2.24) is 24.5 Å². The van der Waals surface area contributed by atoms with Crippen LogP contribution in [0.1, 0.15) is 18.5 Å². The van der Waals surface area contributed by atoms with Crippen molar-refractivity contribution in [2.75, 3.05) is 19.0 Å². The van der Waals surface area contributed by atoms with Crippen molar-refractivity contribution in [2.24, 2.45) is 0 Å². The van der Waals surface area contributed by atoms with Crippen LogP contribution in [0.3, 0.4) is 0 Å². The SMILES string of the molecule is C[C@@H](n1cc2cc(N(C)C)ccc2n1)[C@](O)(Cn1cncn1)c1ccc(F)cc1F. The lowest BCUT2D eigenvalue weighted by atomic mass is 9.86. The zero-order chi connectivity index (χ0) is 21.5. The van der Waals surface area contributed by atoms with Gasteiger partial charge in [0.15, 0.2) is 0 Å². The van der Waals surface area contributed by atoms with Crippen LogP contribution >= 0.6 is 0 Å². The third-order valence-electron chi connectivity index (χ3n) is 5.38. The first-order valence-electron chi connectivity index (χ1n) is 9.44. The van der Waals surface area contributed by atoms with Crippen molar-refractivity contribution in [2.45, 2.75) is 25.1 Å². The van der Waals surface area contributed by atoms with E-state index in [-0.39, 0.29) is 12.1 Å². The highest BCUT2D eigenvalue weighted by Crippen LogP contribution is 2.37. The van der Waals surface area contributed by atoms with Gasteiger partial charge in [-0.15, -0.1) is 0 Å². The summed E-state index contributed by atoms with van der Waals surface area (Å²) in [4.78, 5) is 5.87. The van der Waals surface area contributed by atoms with Crippen LogP contribution in [0.5, 0.6) is 0 Å². The highest BCUT2D eigenvalue weighted by atomic mass is 19.1. The zero-order valence-electron chi connectivity index (χ0n) is 16.9. The number of anilines is 1. The number of rotatable bonds is 6. The van der Waals surface area contributed by atoms with Gasteiger partial charge in [0, 0.05) is 43.0 Å². The summed E-state index contributed by atoms with van der Waals surface area (Å²) in [5.41, 5.74) is -0.0505. The Balaban J connectivity index is 1.81. The van der Waals surface area contributed by atoms with Crippen LogP contribution < -0.4 is 4.90 Å². The van der Waals surface area contributed by atoms with Gasteiger partial charge in [-0.1, -0.05) is 6.07 Å². The number of benzene rings is 2. The first-order chi connectivity index (χ1) is 14.3. The minimum atomic E-state index is -1.77. The van der Waals surface area contributed by atoms with Crippen molar-refractivity contribution >= 4 is 16.6 Å². The van der Waals surface area contributed by atoms with E-state index >= 15 is 0 Å². The van der Waals surface area contributed by atoms with Crippen molar-refractivity contribution in [3.63, 3.8) is 0 Å². The first kappa shape index (κ1) is 20.0. The average Bonchev–Trinajstić information content (AvgIpc) is 3.35. The molecule has 2 aromatic heterocycles. The molecular formula is C21H22F2N6O. The first-order valence-corrected chi connectivity index (χ1v) is 9.44. The van der Waals surface area contributed by atoms with Crippen LogP contribution in [0.15, 0.2) is 55.2 Å². The molecule has 0 aliphatic rings. The van der Waals surface area contributed by atoms with Crippen LogP contribution in [0, 0.1) is 11.6 Å². The molecule has 0 bridgehead atoms. The Kier molecular flexibility index (Phi) is 4.98. The molecule has 4 aromatic rings. The van der Waals surface area contributed by atoms with E-state index in [1.54, 1.807) is 17.8 Å². The maximum absolute atomic E-state index is 14.7. The highest BCUT2D eigenvalue weighted by Gasteiger charge is 2.40. The van der Waals surface area contributed by atoms with E-state index in [0.717, 1.165) is 28.7 Å². The summed E-state index contributed by atoms with van der Waals surface area (Å²) >= 11 is 0. The molecule has 1 N–H and O–H groups in total. The molecule has 4 rings (SSSR count). The van der Waals surface area contributed by atoms with Crippen LogP contribution in [0.2, 0.25) is 0 Å². The van der Waals surface area contributed by atoms with Gasteiger partial charge in [0.05, 0.1) is 18.1 Å². The van der Waals surface area contributed by atoms with E-state index in [4.69, 9.17) is 0 Å². The van der Waals surface area contributed by atoms with Crippen LogP contribution in [-0.2, 0) is 12.1 Å². The minimum absolute atomic E-state index is 0.0413. The number of aromatic nitrogens is 5. The molecule has 0 radical (unpaired) electrons. The lowest BCUT2D eigenvalue weighted by molar-refractivity contribution is -0.0366. The van der Waals surface area contributed by atoms with Crippen molar-refractivity contribution in [3.05, 3.63) is 72.4 Å². The quantitative estimate of drug-likeness (QED) is 0.527. The maximum atomic E-state index is 14.7. The standard InChI is InChI=1S/C21H22F2N6O/c1-14(29-10-15-8-17(27(2)3)5-7-20(15)26-29)21(30,11-28-13-24-12-25-28)18-6-4-16(22)9-19(18)23/h4-10,12-14,30H,11H2,1-3H3/t14-,21-/m1/s1. The fraction of sp³-hybridized carbons (Fsp3) is 0.286. The normalized spacial score (nSPS) is 14.6. The molecule has 9 heteroatoms. The number of hydrogen-bond donors (Lipinski definition) is 1. The largest absolute Gasteiger partial charge is 0.381 e. The summed E-state index contributed by atoms with van der Waals surface area (Å²) in [6.45, 7) is 1.65. The van der Waals surface area contributed by atoms with Gasteiger partial charge in [-0.2, -0.15) is 10.2 Å². The van der Waals surface area contributed by atoms with Crippen LogP contribution in [0.4, 0.5) is 14.5 Å². The van der Waals surface area contributed by atoms with E-state index < -0.39 is 23.3 Å². The predicted molar refractivity (Wildman–Crippen MR) is 109 cm³/mol. The average molecular weight is 412 g/mol. The molecule has 0 saturated carbocycles. The predicted octanol–water partition coefficient (Wildman–Crippen LogP) is 3.12. The van der Waals surface area contributed by atoms with Crippen LogP contribution in [0.25, 0.3) is 10.9 Å². The Morgan fingerprint density at radius 2 is 1.97 bits per heavy atom. The second kappa shape index (κ2) is 7.49. The van der Waals surface area contributed by atoms with Gasteiger partial charge in [0.1, 0.15) is 29.9 Å². The Morgan fingerprint density at radius 1 is 1.17 bits per heavy atom. The third kappa shape index (κ3) is 3.52. The van der Waals surface area contributed by atoms with Crippen LogP contribution in [-0.4, -0.2) is 43.7 Å². The van der Waals surface area contributed by atoms with Gasteiger partial charge in [-0.25, -0.2) is 18.4 Å². The fourth-order valence-electron chi connectivity index (χ4n) is 3.57. The fourth-order valence-corrected chi connectivity index (χ4v) is 3.57. The summed E-state index contributed by atoms with van der Waals surface area (Å²) in [5.74, 6) is -1.55. The summed E-state index contributed by atoms with van der Waals surface area (Å²) in [6, 6.07) is 8.27. The smallest absolute Gasteiger partial charge is 0.137 e. The van der Waals surface area contributed by atoms with E-state index in [9.17, 15) is 13.9 Å². The molecule has 2 atom stereocenters. The lowest BCUT2D eigenvalue weighted by Gasteiger charge is -2.34. The molecule has 156 valence electrons. The highest BCUT2D eigenvalue weighted by molar-refractivity contribution is 5.82. The van der Waals surface area contributed by atoms with Gasteiger partial charge >= 0.3 is 0 Å². The molecule has 2 heterocycles. The molecular weight excluding hydrogens is 390 g/mol. The third-order valence-corrected chi connectivity index (χ3v) is 5.38. The number of aliphatic hydroxyl groups is 1. The zero-order valence-corrected chi connectivity index (χ0v) is 16.9. The summed E-state index contributed by atoms with van der Waals surface area (Å²) in [5, 5.41) is 21.2. The van der Waals surface area contributed by atoms with E-state index in [1.165, 1.54) is 23.4 Å². The Morgan fingerprint density at radius 3 is 2.63 bits per heavy atom. The van der Waals surface area contributed by atoms with E-state index in [1.807, 2.05) is 37.2 Å². The minimum Gasteiger partial charge on any atom is -0.381 e. The summed E-state index contributed by atoms with van der Waals surface area (Å²) in [6.07, 6.45) is 4.57. The van der Waals surface area contributed by atoms with Gasteiger partial charge in [0.25, 0.3) is 0 Å². The monoisotopic (exact) mass is 412 g/mol. The molecule has 0 aliphatic heterocycles. The van der Waals surface area contributed by atoms with E-state index in [0.29, 0.717) is 0 Å². The van der Waals surface area contributed by atoms with Gasteiger partial charge in [-0.3, -0.25) is 4.68 Å². The van der Waals surface area contributed by atoms with Crippen molar-refractivity contribution in [3.8, 4) is 0 Å². The van der Waals surface area contributed by atoms with Crippen molar-refractivity contribution < 1.29 is 13.9 Å². The molecule has 7 nitrogen and oxygen atoms in total. The second-order valence-corrected chi connectivity index (χ2v) is 7.56. The molecule has 30 heavy (non-hydrogen) atoms. The number of halogens is 2. The number of hydrogen-bond acceptors (Lipinski definition) is 5. The molecule has 0 aliphatic carbocycles. The maximum Gasteiger partial charge on any atom is 0.137 e. The Hall–Kier alpha value is -3.33. The van der Waals surface area contributed by atoms with E-state index in [2.05, 4.69) is 15.2 Å². The van der Waals surface area contributed by atoms with Gasteiger partial charge in [-0.05, 0) is 31.2 Å². The molecule has 2 aromatic carbocycles. The molecule has 0 saturated heterocycles. The topological polar surface area (TPSA) is 72.0 Å². The summed E-state index contributed by atoms with van der Waals surface area (Å²) in [7, 11) is 3.89. The number of fused-ring (bicyclic) bond motifs is 1. The van der Waals surface area contributed by atoms with Gasteiger partial charge < -0.3 is 10.0 Å². The second-order valence-electron chi connectivity index (χ2n) is 7.56.